The molecule has 4 rings (SSSR count). The zero-order valence-electron chi connectivity index (χ0n) is 13.6. The van der Waals surface area contributed by atoms with Crippen molar-refractivity contribution in [3.05, 3.63) is 48.3 Å². The molecule has 4 aromatic rings. The van der Waals surface area contributed by atoms with Gasteiger partial charge >= 0.3 is 5.97 Å². The Labute approximate surface area is 146 Å². The third kappa shape index (κ3) is 2.72. The number of ether oxygens (including phenoxy) is 1. The van der Waals surface area contributed by atoms with Crippen LogP contribution >= 0.6 is 11.8 Å². The quantitative estimate of drug-likeness (QED) is 0.315. The first-order chi connectivity index (χ1) is 12.2. The SMILES string of the molecule is COC(=O)c1cccn2cc(CSc3ncnc4c3cnn4C)nc12. The Hall–Kier alpha value is -2.94. The molecule has 0 spiro atoms. The number of aromatic nitrogens is 6. The van der Waals surface area contributed by atoms with E-state index in [4.69, 9.17) is 4.74 Å². The highest BCUT2D eigenvalue weighted by Gasteiger charge is 2.14. The number of nitrogens with zero attached hydrogens (tertiary/aromatic N) is 6. The molecule has 0 atom stereocenters. The number of aryl methyl sites for hydroxylation is 1. The number of methoxy groups -OCH3 is 1. The van der Waals surface area contributed by atoms with E-state index in [0.29, 0.717) is 17.0 Å². The van der Waals surface area contributed by atoms with Crippen molar-refractivity contribution in [3.63, 3.8) is 0 Å². The van der Waals surface area contributed by atoms with Gasteiger partial charge in [-0.2, -0.15) is 5.10 Å². The summed E-state index contributed by atoms with van der Waals surface area (Å²) in [6.07, 6.45) is 7.05. The highest BCUT2D eigenvalue weighted by Crippen LogP contribution is 2.27. The minimum absolute atomic E-state index is 0.400. The molecule has 4 aromatic heterocycles. The van der Waals surface area contributed by atoms with E-state index < -0.39 is 5.97 Å². The van der Waals surface area contributed by atoms with Crippen LogP contribution in [0.4, 0.5) is 0 Å². The molecule has 0 aliphatic rings. The van der Waals surface area contributed by atoms with Gasteiger partial charge in [0.2, 0.25) is 0 Å². The van der Waals surface area contributed by atoms with Gasteiger partial charge in [0.1, 0.15) is 16.9 Å². The Kier molecular flexibility index (Phi) is 3.85. The molecule has 0 amide bonds. The molecule has 0 unspecified atom stereocenters. The Bertz CT molecular complexity index is 1090. The van der Waals surface area contributed by atoms with Crippen LogP contribution in [0.1, 0.15) is 16.1 Å². The van der Waals surface area contributed by atoms with Gasteiger partial charge in [0.05, 0.1) is 24.4 Å². The fourth-order valence-electron chi connectivity index (χ4n) is 2.60. The molecule has 0 bridgehead atoms. The van der Waals surface area contributed by atoms with Gasteiger partial charge in [-0.1, -0.05) is 11.8 Å². The number of carbonyl (C=O) groups excluding carboxylic acids is 1. The molecule has 8 nitrogen and oxygen atoms in total. The van der Waals surface area contributed by atoms with Crippen molar-refractivity contribution >= 4 is 34.4 Å². The van der Waals surface area contributed by atoms with Gasteiger partial charge in [0.25, 0.3) is 0 Å². The van der Waals surface area contributed by atoms with Crippen molar-refractivity contribution in [2.75, 3.05) is 7.11 Å². The van der Waals surface area contributed by atoms with Crippen molar-refractivity contribution in [1.29, 1.82) is 0 Å². The van der Waals surface area contributed by atoms with E-state index in [9.17, 15) is 4.79 Å². The fourth-order valence-corrected chi connectivity index (χ4v) is 3.45. The van der Waals surface area contributed by atoms with Gasteiger partial charge in [-0.05, 0) is 12.1 Å². The molecular formula is C16H14N6O2S. The monoisotopic (exact) mass is 354 g/mol. The van der Waals surface area contributed by atoms with E-state index in [2.05, 4.69) is 20.1 Å². The molecule has 0 saturated heterocycles. The molecular weight excluding hydrogens is 340 g/mol. The van der Waals surface area contributed by atoms with Crippen molar-refractivity contribution in [3.8, 4) is 0 Å². The summed E-state index contributed by atoms with van der Waals surface area (Å²) in [6, 6.07) is 3.50. The summed E-state index contributed by atoms with van der Waals surface area (Å²) in [4.78, 5) is 25.0. The van der Waals surface area contributed by atoms with Gasteiger partial charge in [-0.15, -0.1) is 0 Å². The molecule has 9 heteroatoms. The molecule has 126 valence electrons. The number of imidazole rings is 1. The predicted octanol–water partition coefficient (Wildman–Crippen LogP) is 2.09. The molecule has 0 aliphatic carbocycles. The maximum absolute atomic E-state index is 11.9. The molecule has 0 radical (unpaired) electrons. The molecule has 25 heavy (non-hydrogen) atoms. The molecule has 0 fully saturated rings. The van der Waals surface area contributed by atoms with Gasteiger partial charge in [-0.25, -0.2) is 19.7 Å². The molecule has 0 saturated carbocycles. The Morgan fingerprint density at radius 2 is 2.20 bits per heavy atom. The van der Waals surface area contributed by atoms with Crippen LogP contribution in [0, 0.1) is 0 Å². The maximum Gasteiger partial charge on any atom is 0.341 e. The first kappa shape index (κ1) is 15.6. The molecule has 0 N–H and O–H groups in total. The van der Waals surface area contributed by atoms with Crippen molar-refractivity contribution in [2.45, 2.75) is 10.8 Å². The number of hydrogen-bond donors (Lipinski definition) is 0. The van der Waals surface area contributed by atoms with E-state index in [1.807, 2.05) is 23.8 Å². The summed E-state index contributed by atoms with van der Waals surface area (Å²) < 4.78 is 8.35. The van der Waals surface area contributed by atoms with Crippen LogP contribution < -0.4 is 0 Å². The summed E-state index contributed by atoms with van der Waals surface area (Å²) in [5.74, 6) is 0.215. The number of pyridine rings is 1. The third-order valence-electron chi connectivity index (χ3n) is 3.79. The van der Waals surface area contributed by atoms with Crippen molar-refractivity contribution in [1.82, 2.24) is 29.1 Å². The number of esters is 1. The smallest absolute Gasteiger partial charge is 0.341 e. The number of rotatable bonds is 4. The topological polar surface area (TPSA) is 87.2 Å². The Balaban J connectivity index is 1.64. The first-order valence-corrected chi connectivity index (χ1v) is 8.46. The van der Waals surface area contributed by atoms with E-state index in [0.717, 1.165) is 21.8 Å². The first-order valence-electron chi connectivity index (χ1n) is 7.48. The highest BCUT2D eigenvalue weighted by molar-refractivity contribution is 7.98. The second kappa shape index (κ2) is 6.17. The summed E-state index contributed by atoms with van der Waals surface area (Å²) in [7, 11) is 3.21. The minimum Gasteiger partial charge on any atom is -0.465 e. The lowest BCUT2D eigenvalue weighted by Gasteiger charge is -2.00. The number of carbonyl (C=O) groups is 1. The maximum atomic E-state index is 11.9. The normalized spacial score (nSPS) is 11.3. The lowest BCUT2D eigenvalue weighted by molar-refractivity contribution is 0.0602. The molecule has 0 aliphatic heterocycles. The average molecular weight is 354 g/mol. The largest absolute Gasteiger partial charge is 0.465 e. The van der Waals surface area contributed by atoms with Crippen LogP contribution in [0.25, 0.3) is 16.7 Å². The molecule has 4 heterocycles. The van der Waals surface area contributed by atoms with Crippen LogP contribution in [0.5, 0.6) is 0 Å². The van der Waals surface area contributed by atoms with Gasteiger partial charge in [0, 0.05) is 25.2 Å². The summed E-state index contributed by atoms with van der Waals surface area (Å²) in [5.41, 5.74) is 2.66. The average Bonchev–Trinajstić information content (AvgIpc) is 3.23. The van der Waals surface area contributed by atoms with Gasteiger partial charge < -0.3 is 9.14 Å². The van der Waals surface area contributed by atoms with Crippen LogP contribution in [0.2, 0.25) is 0 Å². The highest BCUT2D eigenvalue weighted by atomic mass is 32.2. The zero-order valence-corrected chi connectivity index (χ0v) is 14.4. The lowest BCUT2D eigenvalue weighted by atomic mass is 10.3. The summed E-state index contributed by atoms with van der Waals surface area (Å²) >= 11 is 1.56. The van der Waals surface area contributed by atoms with Gasteiger partial charge in [-0.3, -0.25) is 4.68 Å². The molecule has 0 aromatic carbocycles. The van der Waals surface area contributed by atoms with E-state index in [-0.39, 0.29) is 0 Å². The lowest BCUT2D eigenvalue weighted by Crippen LogP contribution is -2.03. The van der Waals surface area contributed by atoms with E-state index >= 15 is 0 Å². The van der Waals surface area contributed by atoms with E-state index in [1.54, 1.807) is 34.8 Å². The summed E-state index contributed by atoms with van der Waals surface area (Å²) in [6.45, 7) is 0. The number of hydrogen-bond acceptors (Lipinski definition) is 7. The van der Waals surface area contributed by atoms with E-state index in [1.165, 1.54) is 13.4 Å². The number of thioether (sulfide) groups is 1. The second-order valence-corrected chi connectivity index (χ2v) is 6.31. The Morgan fingerprint density at radius 3 is 3.04 bits per heavy atom. The van der Waals surface area contributed by atoms with Crippen LogP contribution in [0.3, 0.4) is 0 Å². The predicted molar refractivity (Wildman–Crippen MR) is 92.4 cm³/mol. The van der Waals surface area contributed by atoms with Crippen LogP contribution in [-0.2, 0) is 17.5 Å². The van der Waals surface area contributed by atoms with Crippen LogP contribution in [-0.4, -0.2) is 42.2 Å². The summed E-state index contributed by atoms with van der Waals surface area (Å²) in [5, 5.41) is 5.98. The fraction of sp³-hybridized carbons (Fsp3) is 0.188. The third-order valence-corrected chi connectivity index (χ3v) is 4.83. The van der Waals surface area contributed by atoms with Crippen molar-refractivity contribution in [2.24, 2.45) is 7.05 Å². The Morgan fingerprint density at radius 1 is 1.32 bits per heavy atom. The minimum atomic E-state index is -0.400. The van der Waals surface area contributed by atoms with Crippen LogP contribution in [0.15, 0.2) is 42.1 Å². The number of fused-ring (bicyclic) bond motifs is 2. The van der Waals surface area contributed by atoms with Gasteiger partial charge in [0.15, 0.2) is 11.3 Å². The zero-order chi connectivity index (χ0) is 17.4. The standard InChI is InChI=1S/C16H14N6O2S/c1-21-13-12(6-19-21)15(18-9-17-13)25-8-10-7-22-5-3-4-11(14(22)20-10)16(23)24-2/h3-7,9H,8H2,1-2H3. The van der Waals surface area contributed by atoms with Crippen molar-refractivity contribution < 1.29 is 9.53 Å². The second-order valence-electron chi connectivity index (χ2n) is 5.35.